The Morgan fingerprint density at radius 1 is 1.05 bits per heavy atom. The van der Waals surface area contributed by atoms with Crippen molar-refractivity contribution in [3.05, 3.63) is 11.6 Å². The van der Waals surface area contributed by atoms with Gasteiger partial charge in [0.1, 0.15) is 5.60 Å². The van der Waals surface area contributed by atoms with Gasteiger partial charge in [-0.1, -0.05) is 19.4 Å². The monoisotopic (exact) mass is 547 g/mol. The van der Waals surface area contributed by atoms with Crippen molar-refractivity contribution in [1.29, 1.82) is 0 Å². The molecule has 4 N–H and O–H groups in total. The van der Waals surface area contributed by atoms with Gasteiger partial charge in [0.25, 0.3) is 0 Å². The molecule has 3 saturated carbocycles. The molecule has 10 nitrogen and oxygen atoms in total. The average Bonchev–Trinajstić information content (AvgIpc) is 3.16. The minimum atomic E-state index is -1.61. The number of ether oxygens (including phenoxy) is 1. The van der Waals surface area contributed by atoms with Crippen molar-refractivity contribution in [2.45, 2.75) is 103 Å². The number of allylic oxidation sites excluding steroid dienone is 1. The first-order valence-electron chi connectivity index (χ1n) is 14.1. The van der Waals surface area contributed by atoms with E-state index in [0.717, 1.165) is 32.1 Å². The van der Waals surface area contributed by atoms with E-state index >= 15 is 0 Å². The smallest absolute Gasteiger partial charge is 0.328 e. The van der Waals surface area contributed by atoms with Crippen LogP contribution < -0.4 is 5.32 Å². The number of esters is 1. The molecule has 0 aliphatic heterocycles. The molecule has 216 valence electrons. The highest BCUT2D eigenvalue weighted by Gasteiger charge is 2.66. The molecule has 8 atom stereocenters. The molecule has 0 heterocycles. The van der Waals surface area contributed by atoms with Crippen LogP contribution in [0.5, 0.6) is 0 Å². The molecular weight excluding hydrogens is 506 g/mol. The van der Waals surface area contributed by atoms with Gasteiger partial charge in [0.2, 0.25) is 11.7 Å². The second-order valence-electron chi connectivity index (χ2n) is 12.5. The summed E-state index contributed by atoms with van der Waals surface area (Å²) in [6.45, 7) is 4.91. The normalized spacial score (nSPS) is 36.9. The number of rotatable bonds is 9. The van der Waals surface area contributed by atoms with Gasteiger partial charge in [-0.15, -0.1) is 0 Å². The molecule has 8 unspecified atom stereocenters. The molecule has 4 aliphatic rings. The van der Waals surface area contributed by atoms with E-state index in [4.69, 9.17) is 9.84 Å². The summed E-state index contributed by atoms with van der Waals surface area (Å²) < 4.78 is 5.13. The summed E-state index contributed by atoms with van der Waals surface area (Å²) >= 11 is 0. The number of fused-ring (bicyclic) bond motifs is 5. The Balaban J connectivity index is 1.34. The van der Waals surface area contributed by atoms with Crippen molar-refractivity contribution in [2.24, 2.45) is 28.6 Å². The predicted molar refractivity (Wildman–Crippen MR) is 138 cm³/mol. The van der Waals surface area contributed by atoms with Crippen LogP contribution in [0.2, 0.25) is 0 Å². The molecular formula is C29H41NO9. The number of carboxylic acid groups (broad SMARTS) is 1. The van der Waals surface area contributed by atoms with Crippen LogP contribution in [0.3, 0.4) is 0 Å². The number of aliphatic carboxylic acids is 1. The van der Waals surface area contributed by atoms with E-state index in [1.807, 2.05) is 13.0 Å². The van der Waals surface area contributed by atoms with Crippen LogP contribution in [0.4, 0.5) is 0 Å². The number of amides is 1. The van der Waals surface area contributed by atoms with Gasteiger partial charge < -0.3 is 25.4 Å². The second-order valence-corrected chi connectivity index (χ2v) is 12.5. The van der Waals surface area contributed by atoms with Crippen LogP contribution >= 0.6 is 0 Å². The van der Waals surface area contributed by atoms with E-state index in [1.165, 1.54) is 12.5 Å². The standard InChI is InChI=1S/C29H41NO9/c1-16(31)25(26(36)37)30-23(34)6-7-24(35)39-15-22(33)29(38)13-10-21-19-5-4-17-14-18(32)8-11-27(17,2)20(19)9-12-28(21,29)3/h14,16,19-21,25,31,38H,4-13,15H2,1-3H3,(H,30,34)(H,36,37). The Morgan fingerprint density at radius 2 is 1.74 bits per heavy atom. The Hall–Kier alpha value is -2.59. The lowest BCUT2D eigenvalue weighted by Crippen LogP contribution is -2.58. The van der Waals surface area contributed by atoms with Crippen LogP contribution in [0.25, 0.3) is 0 Å². The summed E-state index contributed by atoms with van der Waals surface area (Å²) in [6, 6.07) is -1.49. The van der Waals surface area contributed by atoms with Crippen molar-refractivity contribution in [3.63, 3.8) is 0 Å². The largest absolute Gasteiger partial charge is 0.480 e. The maximum absolute atomic E-state index is 13.3. The van der Waals surface area contributed by atoms with Crippen LogP contribution in [0, 0.1) is 28.6 Å². The first kappa shape index (κ1) is 29.4. The van der Waals surface area contributed by atoms with E-state index in [2.05, 4.69) is 12.2 Å². The van der Waals surface area contributed by atoms with E-state index < -0.39 is 53.4 Å². The fraction of sp³-hybridized carbons (Fsp3) is 0.759. The van der Waals surface area contributed by atoms with Crippen LogP contribution in [-0.4, -0.2) is 69.1 Å². The number of carbonyl (C=O) groups excluding carboxylic acids is 4. The Morgan fingerprint density at radius 3 is 2.41 bits per heavy atom. The molecule has 0 aromatic heterocycles. The lowest BCUT2D eigenvalue weighted by Gasteiger charge is -2.58. The summed E-state index contributed by atoms with van der Waals surface area (Å²) in [5.74, 6) is -2.33. The van der Waals surface area contributed by atoms with Gasteiger partial charge in [0.05, 0.1) is 12.5 Å². The van der Waals surface area contributed by atoms with Gasteiger partial charge in [0, 0.05) is 18.3 Å². The molecule has 0 bridgehead atoms. The molecule has 0 radical (unpaired) electrons. The summed E-state index contributed by atoms with van der Waals surface area (Å²) in [4.78, 5) is 60.7. The van der Waals surface area contributed by atoms with Crippen molar-refractivity contribution in [1.82, 2.24) is 5.32 Å². The van der Waals surface area contributed by atoms with Crippen molar-refractivity contribution < 1.29 is 44.0 Å². The number of carboxylic acids is 1. The zero-order valence-corrected chi connectivity index (χ0v) is 23.0. The van der Waals surface area contributed by atoms with Crippen LogP contribution in [-0.2, 0) is 28.7 Å². The third kappa shape index (κ3) is 5.17. The van der Waals surface area contributed by atoms with Crippen molar-refractivity contribution >= 4 is 29.4 Å². The van der Waals surface area contributed by atoms with E-state index in [1.54, 1.807) is 0 Å². The van der Waals surface area contributed by atoms with E-state index in [0.29, 0.717) is 31.1 Å². The maximum atomic E-state index is 13.3. The number of nitrogens with one attached hydrogen (secondary N) is 1. The first-order valence-corrected chi connectivity index (χ1v) is 14.1. The molecule has 0 aromatic carbocycles. The minimum absolute atomic E-state index is 0.00953. The third-order valence-corrected chi connectivity index (χ3v) is 10.6. The van der Waals surface area contributed by atoms with Gasteiger partial charge >= 0.3 is 11.9 Å². The van der Waals surface area contributed by atoms with Gasteiger partial charge in [-0.3, -0.25) is 19.2 Å². The molecule has 10 heteroatoms. The van der Waals surface area contributed by atoms with Crippen molar-refractivity contribution in [2.75, 3.05) is 6.61 Å². The van der Waals surface area contributed by atoms with Gasteiger partial charge in [-0.05, 0) is 81.1 Å². The molecule has 4 rings (SSSR count). The zero-order valence-electron chi connectivity index (χ0n) is 23.0. The molecule has 0 saturated heterocycles. The highest BCUT2D eigenvalue weighted by Crippen LogP contribution is 2.67. The number of Topliss-reactive ketones (excluding diaryl/α,β-unsaturated/α-hetero) is 1. The van der Waals surface area contributed by atoms with Crippen molar-refractivity contribution in [3.8, 4) is 0 Å². The van der Waals surface area contributed by atoms with Gasteiger partial charge in [-0.25, -0.2) is 4.79 Å². The molecule has 39 heavy (non-hydrogen) atoms. The lowest BCUT2D eigenvalue weighted by atomic mass is 9.46. The van der Waals surface area contributed by atoms with E-state index in [9.17, 15) is 34.2 Å². The number of aliphatic hydroxyl groups is 2. The number of hydrogen-bond acceptors (Lipinski definition) is 8. The summed E-state index contributed by atoms with van der Waals surface area (Å²) in [7, 11) is 0. The van der Waals surface area contributed by atoms with Gasteiger partial charge in [0.15, 0.2) is 18.4 Å². The first-order chi connectivity index (χ1) is 18.2. The molecule has 4 aliphatic carbocycles. The number of carbonyl (C=O) groups is 5. The number of hydrogen-bond donors (Lipinski definition) is 4. The highest BCUT2D eigenvalue weighted by molar-refractivity contribution is 5.92. The number of ketones is 2. The number of aliphatic hydroxyl groups excluding tert-OH is 1. The molecule has 0 spiro atoms. The van der Waals surface area contributed by atoms with E-state index in [-0.39, 0.29) is 30.0 Å². The fourth-order valence-corrected chi connectivity index (χ4v) is 8.22. The maximum Gasteiger partial charge on any atom is 0.328 e. The summed E-state index contributed by atoms with van der Waals surface area (Å²) in [6.07, 6.45) is 5.63. The van der Waals surface area contributed by atoms with Crippen LogP contribution in [0.1, 0.15) is 85.0 Å². The SMILES string of the molecule is CC(O)C(NC(=O)CCC(=O)OCC(=O)C1(O)CCC2C3CCC4=CC(=O)CCC4(C)C3CCC21C)C(=O)O. The second kappa shape index (κ2) is 10.8. The summed E-state index contributed by atoms with van der Waals surface area (Å²) in [5, 5.41) is 32.4. The highest BCUT2D eigenvalue weighted by atomic mass is 16.5. The minimum Gasteiger partial charge on any atom is -0.480 e. The predicted octanol–water partition coefficient (Wildman–Crippen LogP) is 2.09. The Labute approximate surface area is 228 Å². The van der Waals surface area contributed by atoms with Crippen LogP contribution in [0.15, 0.2) is 11.6 Å². The topological polar surface area (TPSA) is 167 Å². The van der Waals surface area contributed by atoms with Gasteiger partial charge in [-0.2, -0.15) is 0 Å². The fourth-order valence-electron chi connectivity index (χ4n) is 8.22. The summed E-state index contributed by atoms with van der Waals surface area (Å²) in [5.41, 5.74) is -0.985. The Bertz CT molecular complexity index is 1080. The lowest BCUT2D eigenvalue weighted by molar-refractivity contribution is -0.170. The molecule has 3 fully saturated rings. The zero-order chi connectivity index (χ0) is 28.8. The Kier molecular flexibility index (Phi) is 8.11. The third-order valence-electron chi connectivity index (χ3n) is 10.6. The average molecular weight is 548 g/mol. The quantitative estimate of drug-likeness (QED) is 0.316. The molecule has 1 amide bonds. The molecule has 0 aromatic rings.